The van der Waals surface area contributed by atoms with Crippen LogP contribution >= 0.6 is 0 Å². The number of anilines is 1. The van der Waals surface area contributed by atoms with Crippen LogP contribution in [0.4, 0.5) is 10.1 Å². The molecule has 28 heavy (non-hydrogen) atoms. The molecule has 6 nitrogen and oxygen atoms in total. The first kappa shape index (κ1) is 18.6. The van der Waals surface area contributed by atoms with Crippen molar-refractivity contribution >= 4 is 17.5 Å². The average molecular weight is 383 g/mol. The zero-order valence-corrected chi connectivity index (χ0v) is 15.7. The Kier molecular flexibility index (Phi) is 4.85. The molecule has 1 aromatic heterocycles. The minimum Gasteiger partial charge on any atom is -0.361 e. The Bertz CT molecular complexity index is 902. The predicted molar refractivity (Wildman–Crippen MR) is 102 cm³/mol. The van der Waals surface area contributed by atoms with Crippen molar-refractivity contribution in [2.75, 3.05) is 31.1 Å². The molecule has 4 rings (SSSR count). The topological polar surface area (TPSA) is 62.7 Å². The number of aromatic nitrogens is 1. The number of carbonyl (C=O) groups is 2. The number of hydrogen-bond acceptors (Lipinski definition) is 4. The number of ether oxygens (including phenoxy) is 1. The normalized spacial score (nSPS) is 22.6. The second-order valence-corrected chi connectivity index (χ2v) is 7.48. The summed E-state index contributed by atoms with van der Waals surface area (Å²) >= 11 is 0. The van der Waals surface area contributed by atoms with Gasteiger partial charge in [0.2, 0.25) is 0 Å². The third-order valence-electron chi connectivity index (χ3n) is 5.33. The molecule has 1 aromatic carbocycles. The molecule has 2 fully saturated rings. The number of nitrogens with zero attached hydrogens (tertiary/aromatic N) is 3. The molecule has 2 aromatic rings. The Morgan fingerprint density at radius 1 is 1.25 bits per heavy atom. The smallest absolute Gasteiger partial charge is 0.272 e. The number of halogens is 1. The number of aryl methyl sites for hydroxylation is 1. The minimum absolute atomic E-state index is 0.0820. The van der Waals surface area contributed by atoms with Gasteiger partial charge in [-0.25, -0.2) is 4.39 Å². The monoisotopic (exact) mass is 383 g/mol. The first-order valence-corrected chi connectivity index (χ1v) is 9.38. The Morgan fingerprint density at radius 3 is 2.86 bits per heavy atom. The van der Waals surface area contributed by atoms with Gasteiger partial charge < -0.3 is 14.5 Å². The first-order valence-electron chi connectivity index (χ1n) is 9.38. The van der Waals surface area contributed by atoms with Crippen LogP contribution in [0, 0.1) is 12.7 Å². The highest BCUT2D eigenvalue weighted by Crippen LogP contribution is 2.32. The Labute approximate surface area is 162 Å². The van der Waals surface area contributed by atoms with E-state index in [1.807, 2.05) is 13.0 Å². The molecule has 1 atom stereocenters. The van der Waals surface area contributed by atoms with Crippen molar-refractivity contribution in [2.45, 2.75) is 25.4 Å². The molecule has 3 heterocycles. The van der Waals surface area contributed by atoms with Gasteiger partial charge in [-0.2, -0.15) is 0 Å². The standard InChI is InChI=1S/C21H22FN3O3/c1-15-6-7-18(23-11-15)20(27)24-9-3-8-21(13-24)14-25(19(26)12-28-21)17-5-2-4-16(22)10-17/h2,4-7,10-11H,3,8-9,12-14H2,1H3. The molecular formula is C21H22FN3O3. The quantitative estimate of drug-likeness (QED) is 0.800. The molecule has 2 saturated heterocycles. The summed E-state index contributed by atoms with van der Waals surface area (Å²) in [7, 11) is 0. The fraction of sp³-hybridized carbons (Fsp3) is 0.381. The van der Waals surface area contributed by atoms with Crippen molar-refractivity contribution in [3.05, 3.63) is 59.7 Å². The summed E-state index contributed by atoms with van der Waals surface area (Å²) in [6.07, 6.45) is 3.17. The molecule has 0 radical (unpaired) electrons. The van der Waals surface area contributed by atoms with Crippen LogP contribution in [0.15, 0.2) is 42.6 Å². The maximum atomic E-state index is 13.6. The number of morpholine rings is 1. The third-order valence-corrected chi connectivity index (χ3v) is 5.33. The molecular weight excluding hydrogens is 361 g/mol. The number of pyridine rings is 1. The molecule has 1 unspecified atom stereocenters. The van der Waals surface area contributed by atoms with Gasteiger partial charge in [-0.05, 0) is 49.6 Å². The maximum absolute atomic E-state index is 13.6. The highest BCUT2D eigenvalue weighted by atomic mass is 19.1. The summed E-state index contributed by atoms with van der Waals surface area (Å²) < 4.78 is 19.6. The summed E-state index contributed by atoms with van der Waals surface area (Å²) in [5, 5.41) is 0. The van der Waals surface area contributed by atoms with Gasteiger partial charge in [0.05, 0.1) is 13.1 Å². The van der Waals surface area contributed by atoms with E-state index in [0.29, 0.717) is 31.0 Å². The highest BCUT2D eigenvalue weighted by Gasteiger charge is 2.44. The summed E-state index contributed by atoms with van der Waals surface area (Å²) in [6, 6.07) is 9.57. The molecule has 0 aliphatic carbocycles. The van der Waals surface area contributed by atoms with Crippen molar-refractivity contribution in [2.24, 2.45) is 0 Å². The first-order chi connectivity index (χ1) is 13.5. The van der Waals surface area contributed by atoms with Crippen LogP contribution < -0.4 is 4.90 Å². The molecule has 2 aliphatic rings. The molecule has 2 amide bonds. The van der Waals surface area contributed by atoms with Crippen molar-refractivity contribution in [3.8, 4) is 0 Å². The van der Waals surface area contributed by atoms with Crippen LogP contribution in [0.1, 0.15) is 28.9 Å². The van der Waals surface area contributed by atoms with Gasteiger partial charge in [-0.1, -0.05) is 12.1 Å². The van der Waals surface area contributed by atoms with Crippen molar-refractivity contribution in [1.29, 1.82) is 0 Å². The van der Waals surface area contributed by atoms with Gasteiger partial charge in [0.1, 0.15) is 23.7 Å². The number of likely N-dealkylation sites (tertiary alicyclic amines) is 1. The summed E-state index contributed by atoms with van der Waals surface area (Å²) in [6.45, 7) is 3.13. The number of carbonyl (C=O) groups excluding carboxylic acids is 2. The van der Waals surface area contributed by atoms with Crippen LogP contribution in [-0.2, 0) is 9.53 Å². The second kappa shape index (κ2) is 7.31. The number of benzene rings is 1. The summed E-state index contributed by atoms with van der Waals surface area (Å²) in [5.74, 6) is -0.742. The Balaban J connectivity index is 1.54. The van der Waals surface area contributed by atoms with E-state index in [2.05, 4.69) is 4.98 Å². The lowest BCUT2D eigenvalue weighted by Crippen LogP contribution is -2.62. The molecule has 1 spiro atoms. The summed E-state index contributed by atoms with van der Waals surface area (Å²) in [4.78, 5) is 32.8. The Morgan fingerprint density at radius 2 is 2.11 bits per heavy atom. The van der Waals surface area contributed by atoms with E-state index in [9.17, 15) is 14.0 Å². The zero-order chi connectivity index (χ0) is 19.7. The average Bonchev–Trinajstić information content (AvgIpc) is 2.70. The lowest BCUT2D eigenvalue weighted by Gasteiger charge is -2.47. The van der Waals surface area contributed by atoms with E-state index >= 15 is 0 Å². The highest BCUT2D eigenvalue weighted by molar-refractivity contribution is 5.95. The Hall–Kier alpha value is -2.80. The van der Waals surface area contributed by atoms with E-state index in [1.54, 1.807) is 34.2 Å². The SMILES string of the molecule is Cc1ccc(C(=O)N2CCCC3(C2)CN(c2cccc(F)c2)C(=O)CO3)nc1. The van der Waals surface area contributed by atoms with Crippen LogP contribution in [0.5, 0.6) is 0 Å². The van der Waals surface area contributed by atoms with Gasteiger partial charge in [0.25, 0.3) is 11.8 Å². The third kappa shape index (κ3) is 3.62. The second-order valence-electron chi connectivity index (χ2n) is 7.48. The number of amides is 2. The van der Waals surface area contributed by atoms with Gasteiger partial charge in [0, 0.05) is 18.4 Å². The van der Waals surface area contributed by atoms with E-state index in [4.69, 9.17) is 4.74 Å². The van der Waals surface area contributed by atoms with Crippen molar-refractivity contribution < 1.29 is 18.7 Å². The van der Waals surface area contributed by atoms with Crippen LogP contribution in [0.3, 0.4) is 0 Å². The fourth-order valence-corrected chi connectivity index (χ4v) is 3.87. The molecule has 0 bridgehead atoms. The predicted octanol–water partition coefficient (Wildman–Crippen LogP) is 2.57. The zero-order valence-electron chi connectivity index (χ0n) is 15.7. The molecule has 146 valence electrons. The molecule has 0 saturated carbocycles. The van der Waals surface area contributed by atoms with E-state index < -0.39 is 11.4 Å². The van der Waals surface area contributed by atoms with Crippen molar-refractivity contribution in [3.63, 3.8) is 0 Å². The van der Waals surface area contributed by atoms with Gasteiger partial charge >= 0.3 is 0 Å². The maximum Gasteiger partial charge on any atom is 0.272 e. The minimum atomic E-state index is -0.654. The fourth-order valence-electron chi connectivity index (χ4n) is 3.87. The number of piperidine rings is 1. The van der Waals surface area contributed by atoms with Crippen LogP contribution in [0.2, 0.25) is 0 Å². The van der Waals surface area contributed by atoms with E-state index in [1.165, 1.54) is 12.1 Å². The van der Waals surface area contributed by atoms with Crippen molar-refractivity contribution in [1.82, 2.24) is 9.88 Å². The van der Waals surface area contributed by atoms with Crippen LogP contribution in [-0.4, -0.2) is 53.5 Å². The van der Waals surface area contributed by atoms with Crippen LogP contribution in [0.25, 0.3) is 0 Å². The molecule has 7 heteroatoms. The molecule has 2 aliphatic heterocycles. The van der Waals surface area contributed by atoms with Gasteiger partial charge in [-0.15, -0.1) is 0 Å². The van der Waals surface area contributed by atoms with E-state index in [-0.39, 0.29) is 18.4 Å². The lowest BCUT2D eigenvalue weighted by atomic mass is 9.90. The largest absolute Gasteiger partial charge is 0.361 e. The number of rotatable bonds is 2. The lowest BCUT2D eigenvalue weighted by molar-refractivity contribution is -0.144. The molecule has 0 N–H and O–H groups in total. The summed E-state index contributed by atoms with van der Waals surface area (Å²) in [5.41, 5.74) is 1.25. The van der Waals surface area contributed by atoms with E-state index in [0.717, 1.165) is 18.4 Å². The van der Waals surface area contributed by atoms with Gasteiger partial charge in [-0.3, -0.25) is 14.6 Å². The number of hydrogen-bond donors (Lipinski definition) is 0. The van der Waals surface area contributed by atoms with Gasteiger partial charge in [0.15, 0.2) is 0 Å².